The molecule has 1 N–H and O–H groups in total. The van der Waals surface area contributed by atoms with Crippen LogP contribution in [-0.2, 0) is 4.79 Å². The van der Waals surface area contributed by atoms with Crippen molar-refractivity contribution in [2.24, 2.45) is 0 Å². The number of pyridine rings is 1. The highest BCUT2D eigenvalue weighted by atomic mass is 16.2. The third-order valence-corrected chi connectivity index (χ3v) is 3.35. The Labute approximate surface area is 130 Å². The van der Waals surface area contributed by atoms with Gasteiger partial charge in [-0.25, -0.2) is 0 Å². The maximum absolute atomic E-state index is 12.3. The average Bonchev–Trinajstić information content (AvgIpc) is 2.54. The van der Waals surface area contributed by atoms with Crippen LogP contribution in [-0.4, -0.2) is 35.8 Å². The second-order valence-corrected chi connectivity index (χ2v) is 5.25. The molecule has 2 rings (SSSR count). The average molecular weight is 297 g/mol. The molecule has 0 aliphatic heterocycles. The fourth-order valence-corrected chi connectivity index (χ4v) is 2.00. The quantitative estimate of drug-likeness (QED) is 0.943. The number of carbonyl (C=O) groups excluding carboxylic acids is 2. The Kier molecular flexibility index (Phi) is 4.88. The second kappa shape index (κ2) is 6.85. The largest absolute Gasteiger partial charge is 0.343 e. The van der Waals surface area contributed by atoms with Crippen LogP contribution in [0.5, 0.6) is 0 Å². The lowest BCUT2D eigenvalue weighted by Crippen LogP contribution is -2.23. The van der Waals surface area contributed by atoms with Gasteiger partial charge in [-0.15, -0.1) is 0 Å². The van der Waals surface area contributed by atoms with E-state index in [0.717, 1.165) is 5.56 Å². The number of amides is 2. The molecular weight excluding hydrogens is 278 g/mol. The Hall–Kier alpha value is -2.69. The number of carbonyl (C=O) groups is 2. The van der Waals surface area contributed by atoms with E-state index in [2.05, 4.69) is 10.3 Å². The van der Waals surface area contributed by atoms with Crippen molar-refractivity contribution < 1.29 is 9.59 Å². The summed E-state index contributed by atoms with van der Waals surface area (Å²) in [4.78, 5) is 29.7. The van der Waals surface area contributed by atoms with Crippen LogP contribution in [0.25, 0.3) is 0 Å². The van der Waals surface area contributed by atoms with Crippen molar-refractivity contribution in [3.8, 4) is 0 Å². The molecule has 2 aromatic rings. The lowest BCUT2D eigenvalue weighted by atomic mass is 10.0. The third-order valence-electron chi connectivity index (χ3n) is 3.35. The lowest BCUT2D eigenvalue weighted by molar-refractivity contribution is -0.117. The number of hydrogen-bond donors (Lipinski definition) is 1. The van der Waals surface area contributed by atoms with Gasteiger partial charge >= 0.3 is 0 Å². The number of nitrogens with one attached hydrogen (secondary N) is 1. The van der Waals surface area contributed by atoms with Crippen LogP contribution in [0.15, 0.2) is 48.7 Å². The van der Waals surface area contributed by atoms with Crippen LogP contribution in [0.3, 0.4) is 0 Å². The molecule has 0 spiro atoms. The first-order valence-electron chi connectivity index (χ1n) is 7.02. The summed E-state index contributed by atoms with van der Waals surface area (Å²) in [5.74, 6) is -0.602. The molecule has 2 amide bonds. The molecule has 5 nitrogen and oxygen atoms in total. The SMILES string of the molecule is CC(C(=O)Nc1ccnc(C(=O)N(C)C)c1)c1ccccc1. The highest BCUT2D eigenvalue weighted by Gasteiger charge is 2.16. The lowest BCUT2D eigenvalue weighted by Gasteiger charge is -2.14. The molecule has 1 atom stereocenters. The van der Waals surface area contributed by atoms with Gasteiger partial charge in [-0.3, -0.25) is 14.6 Å². The molecule has 0 radical (unpaired) electrons. The van der Waals surface area contributed by atoms with E-state index in [1.165, 1.54) is 11.1 Å². The van der Waals surface area contributed by atoms with Crippen molar-refractivity contribution >= 4 is 17.5 Å². The molecule has 0 aliphatic carbocycles. The van der Waals surface area contributed by atoms with E-state index in [0.29, 0.717) is 11.4 Å². The monoisotopic (exact) mass is 297 g/mol. The zero-order valence-corrected chi connectivity index (χ0v) is 12.9. The highest BCUT2D eigenvalue weighted by Crippen LogP contribution is 2.18. The van der Waals surface area contributed by atoms with Gasteiger partial charge in [0.1, 0.15) is 5.69 Å². The van der Waals surface area contributed by atoms with Crippen LogP contribution in [0.1, 0.15) is 28.9 Å². The molecule has 5 heteroatoms. The Bertz CT molecular complexity index is 669. The standard InChI is InChI=1S/C17H19N3O2/c1-12(13-7-5-4-6-8-13)16(21)19-14-9-10-18-15(11-14)17(22)20(2)3/h4-12H,1-3H3,(H,18,19,21). The topological polar surface area (TPSA) is 62.3 Å². The summed E-state index contributed by atoms with van der Waals surface area (Å²) >= 11 is 0. The van der Waals surface area contributed by atoms with E-state index in [9.17, 15) is 9.59 Å². The Balaban J connectivity index is 2.12. The molecule has 0 bridgehead atoms. The molecule has 1 aromatic heterocycles. The van der Waals surface area contributed by atoms with Gasteiger partial charge < -0.3 is 10.2 Å². The highest BCUT2D eigenvalue weighted by molar-refractivity contribution is 5.97. The van der Waals surface area contributed by atoms with E-state index in [4.69, 9.17) is 0 Å². The van der Waals surface area contributed by atoms with Crippen LogP contribution in [0.2, 0.25) is 0 Å². The zero-order valence-electron chi connectivity index (χ0n) is 12.9. The fourth-order valence-electron chi connectivity index (χ4n) is 2.00. The molecule has 1 aromatic carbocycles. The number of hydrogen-bond acceptors (Lipinski definition) is 3. The van der Waals surface area contributed by atoms with E-state index in [1.54, 1.807) is 26.2 Å². The molecule has 1 unspecified atom stereocenters. The number of rotatable bonds is 4. The summed E-state index contributed by atoms with van der Waals surface area (Å²) in [6.07, 6.45) is 1.51. The molecule has 1 heterocycles. The zero-order chi connectivity index (χ0) is 16.1. The minimum atomic E-state index is -0.276. The number of benzene rings is 1. The van der Waals surface area contributed by atoms with Crippen molar-refractivity contribution in [2.45, 2.75) is 12.8 Å². The van der Waals surface area contributed by atoms with Crippen LogP contribution < -0.4 is 5.32 Å². The summed E-state index contributed by atoms with van der Waals surface area (Å²) in [6.45, 7) is 1.84. The smallest absolute Gasteiger partial charge is 0.272 e. The van der Waals surface area contributed by atoms with Gasteiger partial charge in [-0.2, -0.15) is 0 Å². The van der Waals surface area contributed by atoms with Gasteiger partial charge in [0, 0.05) is 26.0 Å². The van der Waals surface area contributed by atoms with E-state index in [1.807, 2.05) is 37.3 Å². The van der Waals surface area contributed by atoms with E-state index >= 15 is 0 Å². The van der Waals surface area contributed by atoms with Crippen molar-refractivity contribution in [2.75, 3.05) is 19.4 Å². The van der Waals surface area contributed by atoms with Crippen molar-refractivity contribution in [3.63, 3.8) is 0 Å². The van der Waals surface area contributed by atoms with Crippen LogP contribution >= 0.6 is 0 Å². The van der Waals surface area contributed by atoms with Gasteiger partial charge in [0.05, 0.1) is 5.92 Å². The maximum atomic E-state index is 12.3. The van der Waals surface area contributed by atoms with Crippen LogP contribution in [0.4, 0.5) is 5.69 Å². The van der Waals surface area contributed by atoms with E-state index < -0.39 is 0 Å². The summed E-state index contributed by atoms with van der Waals surface area (Å²) in [5.41, 5.74) is 1.81. The molecule has 0 saturated heterocycles. The first kappa shape index (κ1) is 15.7. The first-order chi connectivity index (χ1) is 10.5. The Morgan fingerprint density at radius 3 is 2.45 bits per heavy atom. The molecule has 22 heavy (non-hydrogen) atoms. The minimum Gasteiger partial charge on any atom is -0.343 e. The van der Waals surface area contributed by atoms with Gasteiger partial charge in [0.25, 0.3) is 5.91 Å². The summed E-state index contributed by atoms with van der Waals surface area (Å²) < 4.78 is 0. The summed E-state index contributed by atoms with van der Waals surface area (Å²) in [6, 6.07) is 12.8. The molecule has 0 aliphatic rings. The van der Waals surface area contributed by atoms with Crippen molar-refractivity contribution in [3.05, 3.63) is 59.9 Å². The number of aromatic nitrogens is 1. The number of anilines is 1. The second-order valence-electron chi connectivity index (χ2n) is 5.25. The Morgan fingerprint density at radius 2 is 1.82 bits per heavy atom. The fraction of sp³-hybridized carbons (Fsp3) is 0.235. The molecular formula is C17H19N3O2. The normalized spacial score (nSPS) is 11.6. The van der Waals surface area contributed by atoms with Crippen molar-refractivity contribution in [1.29, 1.82) is 0 Å². The Morgan fingerprint density at radius 1 is 1.14 bits per heavy atom. The van der Waals surface area contributed by atoms with Gasteiger partial charge in [0.2, 0.25) is 5.91 Å². The predicted octanol–water partition coefficient (Wildman–Crippen LogP) is 2.53. The minimum absolute atomic E-state index is 0.124. The molecule has 0 fully saturated rings. The maximum Gasteiger partial charge on any atom is 0.272 e. The number of nitrogens with zero attached hydrogens (tertiary/aromatic N) is 2. The van der Waals surface area contributed by atoms with Gasteiger partial charge in [-0.1, -0.05) is 30.3 Å². The summed E-state index contributed by atoms with van der Waals surface area (Å²) in [5, 5.41) is 2.82. The summed E-state index contributed by atoms with van der Waals surface area (Å²) in [7, 11) is 3.32. The molecule has 0 saturated carbocycles. The van der Waals surface area contributed by atoms with Crippen LogP contribution in [0, 0.1) is 0 Å². The third kappa shape index (κ3) is 3.69. The van der Waals surface area contributed by atoms with Gasteiger partial charge in [-0.05, 0) is 24.6 Å². The molecule has 114 valence electrons. The predicted molar refractivity (Wildman–Crippen MR) is 85.7 cm³/mol. The van der Waals surface area contributed by atoms with Gasteiger partial charge in [0.15, 0.2) is 0 Å². The van der Waals surface area contributed by atoms with E-state index in [-0.39, 0.29) is 17.7 Å². The van der Waals surface area contributed by atoms with Crippen molar-refractivity contribution in [1.82, 2.24) is 9.88 Å². The first-order valence-corrected chi connectivity index (χ1v) is 7.02.